The first-order valence-electron chi connectivity index (χ1n) is 5.47. The molecule has 3 aromatic rings. The summed E-state index contributed by atoms with van der Waals surface area (Å²) in [6.45, 7) is 0. The largest absolute Gasteiger partial charge is 0.477 e. The molecule has 0 aliphatic rings. The summed E-state index contributed by atoms with van der Waals surface area (Å²) >= 11 is 0.697. The number of rotatable bonds is 2. The van der Waals surface area contributed by atoms with E-state index in [0.29, 0.717) is 11.3 Å². The zero-order valence-electron chi connectivity index (χ0n) is 10.00. The minimum atomic E-state index is -4.69. The molecule has 0 saturated heterocycles. The highest BCUT2D eigenvalue weighted by atomic mass is 32.1. The molecule has 0 spiro atoms. The van der Waals surface area contributed by atoms with Gasteiger partial charge in [0.05, 0.1) is 6.20 Å². The molecule has 0 unspecified atom stereocenters. The van der Waals surface area contributed by atoms with Gasteiger partial charge in [0.2, 0.25) is 0 Å². The number of hydrogen-bond donors (Lipinski definition) is 1. The molecule has 0 aliphatic carbocycles. The van der Waals surface area contributed by atoms with Crippen LogP contribution in [-0.4, -0.2) is 30.8 Å². The number of carboxylic acids is 1. The van der Waals surface area contributed by atoms with Crippen molar-refractivity contribution in [2.24, 2.45) is 0 Å². The van der Waals surface area contributed by atoms with E-state index in [0.717, 1.165) is 10.7 Å². The Labute approximate surface area is 118 Å². The molecule has 21 heavy (non-hydrogen) atoms. The maximum Gasteiger partial charge on any atom is 0.435 e. The van der Waals surface area contributed by atoms with Crippen molar-refractivity contribution >= 4 is 27.5 Å². The molecule has 0 atom stereocenters. The zero-order valence-corrected chi connectivity index (χ0v) is 10.8. The van der Waals surface area contributed by atoms with E-state index in [9.17, 15) is 18.0 Å². The number of nitrogens with zero attached hydrogens (tertiary/aromatic N) is 4. The average Bonchev–Trinajstić information content (AvgIpc) is 2.96. The van der Waals surface area contributed by atoms with Crippen LogP contribution in [0.5, 0.6) is 0 Å². The van der Waals surface area contributed by atoms with Gasteiger partial charge in [-0.05, 0) is 6.07 Å². The average molecular weight is 314 g/mol. The van der Waals surface area contributed by atoms with Crippen LogP contribution in [0.15, 0.2) is 24.7 Å². The molecule has 0 aromatic carbocycles. The molecule has 10 heteroatoms. The Hall–Kier alpha value is -2.49. The van der Waals surface area contributed by atoms with Crippen LogP contribution >= 0.6 is 11.3 Å². The number of hydrogen-bond acceptors (Lipinski definition) is 5. The quantitative estimate of drug-likeness (QED) is 0.786. The monoisotopic (exact) mass is 314 g/mol. The number of carbonyl (C=O) groups is 1. The van der Waals surface area contributed by atoms with E-state index in [-0.39, 0.29) is 20.9 Å². The first kappa shape index (κ1) is 13.5. The minimum absolute atomic E-state index is 0.0558. The zero-order chi connectivity index (χ0) is 15.2. The third-order valence-electron chi connectivity index (χ3n) is 2.61. The number of aromatic carboxylic acids is 1. The normalized spacial score (nSPS) is 12.0. The van der Waals surface area contributed by atoms with Crippen LogP contribution in [0.3, 0.4) is 0 Å². The van der Waals surface area contributed by atoms with Crippen LogP contribution < -0.4 is 0 Å². The Morgan fingerprint density at radius 1 is 1.33 bits per heavy atom. The number of halogens is 3. The molecule has 0 bridgehead atoms. The van der Waals surface area contributed by atoms with Crippen LogP contribution in [0.1, 0.15) is 15.4 Å². The predicted octanol–water partition coefficient (Wildman–Crippen LogP) is 2.59. The van der Waals surface area contributed by atoms with Gasteiger partial charge in [-0.25, -0.2) is 14.5 Å². The molecule has 0 radical (unpaired) electrons. The highest BCUT2D eigenvalue weighted by molar-refractivity contribution is 7.20. The second-order valence-corrected chi connectivity index (χ2v) is 4.99. The van der Waals surface area contributed by atoms with Gasteiger partial charge in [0.25, 0.3) is 0 Å². The first-order chi connectivity index (χ1) is 9.88. The number of alkyl halides is 3. The highest BCUT2D eigenvalue weighted by Gasteiger charge is 2.38. The van der Waals surface area contributed by atoms with Crippen molar-refractivity contribution in [1.29, 1.82) is 0 Å². The van der Waals surface area contributed by atoms with Gasteiger partial charge in [-0.1, -0.05) is 0 Å². The molecule has 0 aliphatic heterocycles. The van der Waals surface area contributed by atoms with Gasteiger partial charge in [-0.2, -0.15) is 18.3 Å². The summed E-state index contributed by atoms with van der Waals surface area (Å²) in [5.74, 6) is -1.22. The van der Waals surface area contributed by atoms with E-state index in [1.807, 2.05) is 0 Å². The topological polar surface area (TPSA) is 80.9 Å². The van der Waals surface area contributed by atoms with Gasteiger partial charge in [0.1, 0.15) is 9.71 Å². The lowest BCUT2D eigenvalue weighted by Gasteiger charge is -2.02. The van der Waals surface area contributed by atoms with Crippen molar-refractivity contribution < 1.29 is 23.1 Å². The van der Waals surface area contributed by atoms with Crippen LogP contribution in [0.4, 0.5) is 13.2 Å². The first-order valence-corrected chi connectivity index (χ1v) is 6.29. The number of fused-ring (bicyclic) bond motifs is 1. The maximum atomic E-state index is 13.0. The van der Waals surface area contributed by atoms with Crippen LogP contribution in [0.25, 0.3) is 16.0 Å². The molecule has 3 aromatic heterocycles. The summed E-state index contributed by atoms with van der Waals surface area (Å²) < 4.78 is 40.0. The lowest BCUT2D eigenvalue weighted by molar-refractivity contribution is -0.140. The Kier molecular flexibility index (Phi) is 2.90. The summed E-state index contributed by atoms with van der Waals surface area (Å²) in [7, 11) is 0. The fourth-order valence-electron chi connectivity index (χ4n) is 1.78. The molecule has 108 valence electrons. The lowest BCUT2D eigenvalue weighted by Crippen LogP contribution is -2.08. The summed E-state index contributed by atoms with van der Waals surface area (Å²) in [5.41, 5.74) is -1.15. The van der Waals surface area contributed by atoms with Crippen molar-refractivity contribution in [3.63, 3.8) is 0 Å². The van der Waals surface area contributed by atoms with E-state index in [1.54, 1.807) is 0 Å². The standard InChI is InChI=1S/C11H5F3N4O2S/c12-11(13,14)8-5-3-6(10(19)20)21-9(5)18(17-8)7-4-15-1-2-16-7/h1-4H,(H,19,20). The third kappa shape index (κ3) is 2.23. The number of carboxylic acid groups (broad SMARTS) is 1. The van der Waals surface area contributed by atoms with Crippen LogP contribution in [0.2, 0.25) is 0 Å². The number of thiophene rings is 1. The van der Waals surface area contributed by atoms with Gasteiger partial charge in [0, 0.05) is 17.8 Å². The Morgan fingerprint density at radius 2 is 2.10 bits per heavy atom. The molecule has 3 rings (SSSR count). The van der Waals surface area contributed by atoms with Gasteiger partial charge < -0.3 is 5.11 Å². The molecular weight excluding hydrogens is 309 g/mol. The molecular formula is C11H5F3N4O2S. The van der Waals surface area contributed by atoms with Crippen molar-refractivity contribution in [1.82, 2.24) is 19.7 Å². The summed E-state index contributed by atoms with van der Waals surface area (Å²) in [6, 6.07) is 0.963. The van der Waals surface area contributed by atoms with E-state index < -0.39 is 17.8 Å². The lowest BCUT2D eigenvalue weighted by atomic mass is 10.3. The molecule has 0 saturated carbocycles. The molecule has 0 fully saturated rings. The van der Waals surface area contributed by atoms with Crippen molar-refractivity contribution in [2.75, 3.05) is 0 Å². The smallest absolute Gasteiger partial charge is 0.435 e. The molecule has 3 heterocycles. The Bertz CT molecular complexity index is 825. The molecule has 1 N–H and O–H groups in total. The maximum absolute atomic E-state index is 13.0. The van der Waals surface area contributed by atoms with E-state index in [1.165, 1.54) is 18.6 Å². The summed E-state index contributed by atoms with van der Waals surface area (Å²) in [5, 5.41) is 12.2. The van der Waals surface area contributed by atoms with Gasteiger partial charge >= 0.3 is 12.1 Å². The summed E-state index contributed by atoms with van der Waals surface area (Å²) in [6.07, 6.45) is -0.775. The number of aromatic nitrogens is 4. The van der Waals surface area contributed by atoms with E-state index >= 15 is 0 Å². The van der Waals surface area contributed by atoms with Gasteiger partial charge in [0.15, 0.2) is 11.5 Å². The van der Waals surface area contributed by atoms with Crippen LogP contribution in [0, 0.1) is 0 Å². The molecule has 0 amide bonds. The Morgan fingerprint density at radius 3 is 2.67 bits per heavy atom. The van der Waals surface area contributed by atoms with Crippen molar-refractivity contribution in [2.45, 2.75) is 6.18 Å². The second kappa shape index (κ2) is 4.52. The highest BCUT2D eigenvalue weighted by Crippen LogP contribution is 2.38. The van der Waals surface area contributed by atoms with Crippen molar-refractivity contribution in [3.05, 3.63) is 35.2 Å². The third-order valence-corrected chi connectivity index (χ3v) is 3.70. The van der Waals surface area contributed by atoms with E-state index in [2.05, 4.69) is 15.1 Å². The van der Waals surface area contributed by atoms with E-state index in [4.69, 9.17) is 5.11 Å². The fourth-order valence-corrected chi connectivity index (χ4v) is 2.74. The summed E-state index contributed by atoms with van der Waals surface area (Å²) in [4.78, 5) is 18.4. The predicted molar refractivity (Wildman–Crippen MR) is 66.5 cm³/mol. The minimum Gasteiger partial charge on any atom is -0.477 e. The Balaban J connectivity index is 2.32. The second-order valence-electron chi connectivity index (χ2n) is 3.96. The van der Waals surface area contributed by atoms with Gasteiger partial charge in [-0.3, -0.25) is 4.98 Å². The molecule has 6 nitrogen and oxygen atoms in total. The SMILES string of the molecule is O=C(O)c1cc2c(C(F)(F)F)nn(-c3cnccn3)c2s1. The van der Waals surface area contributed by atoms with Crippen LogP contribution in [-0.2, 0) is 6.18 Å². The fraction of sp³-hybridized carbons (Fsp3) is 0.0909. The van der Waals surface area contributed by atoms with Crippen molar-refractivity contribution in [3.8, 4) is 5.82 Å². The van der Waals surface area contributed by atoms with Gasteiger partial charge in [-0.15, -0.1) is 11.3 Å².